The van der Waals surface area contributed by atoms with Gasteiger partial charge in [-0.2, -0.15) is 4.31 Å². The average Bonchev–Trinajstić information content (AvgIpc) is 3.09. The number of carbonyl (C=O) groups is 2. The number of piperidine rings is 1. The number of aryl methyl sites for hydroxylation is 2. The summed E-state index contributed by atoms with van der Waals surface area (Å²) >= 11 is 0. The third kappa shape index (κ3) is 5.43. The van der Waals surface area contributed by atoms with Gasteiger partial charge < -0.3 is 15.0 Å². The van der Waals surface area contributed by atoms with Gasteiger partial charge in [-0.3, -0.25) is 4.79 Å². The molecule has 1 aliphatic heterocycles. The van der Waals surface area contributed by atoms with Crippen molar-refractivity contribution in [1.29, 1.82) is 0 Å². The number of allylic oxidation sites excluding steroid dienone is 1. The molecule has 1 saturated heterocycles. The zero-order chi connectivity index (χ0) is 23.3. The zero-order valence-electron chi connectivity index (χ0n) is 19.3. The summed E-state index contributed by atoms with van der Waals surface area (Å²) in [5, 5.41) is 2.99. The van der Waals surface area contributed by atoms with Gasteiger partial charge in [-0.15, -0.1) is 0 Å². The van der Waals surface area contributed by atoms with E-state index in [0.717, 1.165) is 19.3 Å². The highest BCUT2D eigenvalue weighted by molar-refractivity contribution is 7.89. The van der Waals surface area contributed by atoms with Crippen molar-refractivity contribution >= 4 is 21.9 Å². The second kappa shape index (κ2) is 10.7. The summed E-state index contributed by atoms with van der Waals surface area (Å²) in [5.74, 6) is -1.16. The van der Waals surface area contributed by atoms with Crippen LogP contribution in [-0.4, -0.2) is 55.8 Å². The first-order chi connectivity index (χ1) is 15.3. The molecule has 3 rings (SSSR count). The van der Waals surface area contributed by atoms with Crippen LogP contribution >= 0.6 is 0 Å². The number of ether oxygens (including phenoxy) is 1. The van der Waals surface area contributed by atoms with Crippen LogP contribution in [0.25, 0.3) is 0 Å². The number of aromatic nitrogens is 1. The fourth-order valence-corrected chi connectivity index (χ4v) is 6.59. The van der Waals surface area contributed by atoms with Gasteiger partial charge in [0.05, 0.1) is 12.5 Å². The summed E-state index contributed by atoms with van der Waals surface area (Å²) in [5.41, 5.74) is 2.31. The minimum atomic E-state index is -3.96. The second-order valence-electron chi connectivity index (χ2n) is 8.65. The fraction of sp³-hybridized carbons (Fsp3) is 0.652. The smallest absolute Gasteiger partial charge is 0.341 e. The molecule has 1 aliphatic carbocycles. The van der Waals surface area contributed by atoms with E-state index in [1.165, 1.54) is 22.7 Å². The third-order valence-electron chi connectivity index (χ3n) is 6.28. The van der Waals surface area contributed by atoms with Crippen LogP contribution < -0.4 is 5.32 Å². The second-order valence-corrected chi connectivity index (χ2v) is 10.5. The number of sulfonamides is 1. The Morgan fingerprint density at radius 1 is 1.22 bits per heavy atom. The molecule has 0 bridgehead atoms. The maximum absolute atomic E-state index is 13.5. The monoisotopic (exact) mass is 465 g/mol. The standard InChI is InChI=1S/C23H35N3O5S/c1-4-31-23(28)20-16(2)25-17(3)21(20)32(29,30)26-14-8-11-19(15-26)22(27)24-13-12-18-9-6-5-7-10-18/h9,19,25H,4-8,10-15H2,1-3H3,(H,24,27)/t19-/m0/s1. The highest BCUT2D eigenvalue weighted by atomic mass is 32.2. The number of esters is 1. The predicted octanol–water partition coefficient (Wildman–Crippen LogP) is 3.22. The highest BCUT2D eigenvalue weighted by Crippen LogP contribution is 2.30. The molecule has 8 nitrogen and oxygen atoms in total. The Balaban J connectivity index is 1.69. The highest BCUT2D eigenvalue weighted by Gasteiger charge is 2.38. The molecular weight excluding hydrogens is 430 g/mol. The Bertz CT molecular complexity index is 980. The molecule has 2 aliphatic rings. The molecule has 0 saturated carbocycles. The lowest BCUT2D eigenvalue weighted by Crippen LogP contribution is -2.45. The molecule has 0 spiro atoms. The van der Waals surface area contributed by atoms with E-state index < -0.39 is 21.9 Å². The number of nitrogens with zero attached hydrogens (tertiary/aromatic N) is 1. The lowest BCUT2D eigenvalue weighted by Gasteiger charge is -2.31. The first kappa shape index (κ1) is 24.5. The normalized spacial score (nSPS) is 20.0. The number of hydrogen-bond donors (Lipinski definition) is 2. The van der Waals surface area contributed by atoms with E-state index in [0.29, 0.717) is 37.3 Å². The van der Waals surface area contributed by atoms with Gasteiger partial charge in [0.1, 0.15) is 10.5 Å². The minimum Gasteiger partial charge on any atom is -0.462 e. The van der Waals surface area contributed by atoms with Gasteiger partial charge in [-0.1, -0.05) is 11.6 Å². The molecule has 178 valence electrons. The molecule has 0 radical (unpaired) electrons. The number of hydrogen-bond acceptors (Lipinski definition) is 5. The predicted molar refractivity (Wildman–Crippen MR) is 122 cm³/mol. The first-order valence-electron chi connectivity index (χ1n) is 11.6. The van der Waals surface area contributed by atoms with E-state index in [2.05, 4.69) is 16.4 Å². The maximum atomic E-state index is 13.5. The van der Waals surface area contributed by atoms with Crippen LogP contribution in [0.5, 0.6) is 0 Å². The average molecular weight is 466 g/mol. The molecule has 0 aromatic carbocycles. The molecule has 1 atom stereocenters. The van der Waals surface area contributed by atoms with Gasteiger partial charge in [0.15, 0.2) is 0 Å². The van der Waals surface area contributed by atoms with Crippen LogP contribution in [0.4, 0.5) is 0 Å². The molecule has 32 heavy (non-hydrogen) atoms. The Hall–Kier alpha value is -2.13. The van der Waals surface area contributed by atoms with Crippen LogP contribution in [0.2, 0.25) is 0 Å². The van der Waals surface area contributed by atoms with Crippen LogP contribution in [-0.2, 0) is 19.6 Å². The quantitative estimate of drug-likeness (QED) is 0.453. The van der Waals surface area contributed by atoms with Gasteiger partial charge in [0.2, 0.25) is 15.9 Å². The topological polar surface area (TPSA) is 109 Å². The summed E-state index contributed by atoms with van der Waals surface area (Å²) in [7, 11) is -3.96. The summed E-state index contributed by atoms with van der Waals surface area (Å²) in [4.78, 5) is 28.1. The van der Waals surface area contributed by atoms with Crippen LogP contribution in [0.1, 0.15) is 73.6 Å². The van der Waals surface area contributed by atoms with Crippen molar-refractivity contribution in [1.82, 2.24) is 14.6 Å². The first-order valence-corrected chi connectivity index (χ1v) is 13.0. The van der Waals surface area contributed by atoms with Gasteiger partial charge in [-0.05, 0) is 65.7 Å². The van der Waals surface area contributed by atoms with Crippen molar-refractivity contribution in [3.05, 3.63) is 28.6 Å². The van der Waals surface area contributed by atoms with Crippen molar-refractivity contribution in [2.75, 3.05) is 26.2 Å². The summed E-state index contributed by atoms with van der Waals surface area (Å²) in [6.07, 6.45) is 9.03. The minimum absolute atomic E-state index is 0.0428. The van der Waals surface area contributed by atoms with Crippen LogP contribution in [0.15, 0.2) is 16.5 Å². The molecule has 1 aromatic rings. The molecule has 2 N–H and O–H groups in total. The molecule has 2 heterocycles. The van der Waals surface area contributed by atoms with Crippen LogP contribution in [0.3, 0.4) is 0 Å². The van der Waals surface area contributed by atoms with E-state index in [4.69, 9.17) is 4.74 Å². The molecular formula is C23H35N3O5S. The Morgan fingerprint density at radius 3 is 2.69 bits per heavy atom. The Morgan fingerprint density at radius 2 is 2.00 bits per heavy atom. The number of amides is 1. The van der Waals surface area contributed by atoms with Crippen molar-refractivity contribution < 1.29 is 22.7 Å². The maximum Gasteiger partial charge on any atom is 0.341 e. The fourth-order valence-electron chi connectivity index (χ4n) is 4.66. The zero-order valence-corrected chi connectivity index (χ0v) is 20.1. The Labute approximate surface area is 190 Å². The number of H-pyrrole nitrogens is 1. The van der Waals surface area contributed by atoms with E-state index in [9.17, 15) is 18.0 Å². The van der Waals surface area contributed by atoms with Crippen molar-refractivity contribution in [2.45, 2.75) is 70.6 Å². The van der Waals surface area contributed by atoms with Crippen molar-refractivity contribution in [2.24, 2.45) is 5.92 Å². The number of rotatable bonds is 8. The van der Waals surface area contributed by atoms with Gasteiger partial charge in [-0.25, -0.2) is 13.2 Å². The molecule has 1 amide bonds. The molecule has 1 fully saturated rings. The molecule has 1 aromatic heterocycles. The van der Waals surface area contributed by atoms with Gasteiger partial charge in [0.25, 0.3) is 0 Å². The van der Waals surface area contributed by atoms with Gasteiger partial charge in [0, 0.05) is 31.0 Å². The van der Waals surface area contributed by atoms with Crippen molar-refractivity contribution in [3.8, 4) is 0 Å². The third-order valence-corrected chi connectivity index (χ3v) is 8.32. The van der Waals surface area contributed by atoms with E-state index in [1.807, 2.05) is 0 Å². The van der Waals surface area contributed by atoms with E-state index in [-0.39, 0.29) is 29.5 Å². The lowest BCUT2D eigenvalue weighted by molar-refractivity contribution is -0.126. The van der Waals surface area contributed by atoms with Crippen molar-refractivity contribution in [3.63, 3.8) is 0 Å². The summed E-state index contributed by atoms with van der Waals surface area (Å²) in [6.45, 7) is 6.15. The summed E-state index contributed by atoms with van der Waals surface area (Å²) in [6, 6.07) is 0. The van der Waals surface area contributed by atoms with E-state index >= 15 is 0 Å². The summed E-state index contributed by atoms with van der Waals surface area (Å²) < 4.78 is 33.4. The molecule has 0 unspecified atom stereocenters. The molecule has 9 heteroatoms. The Kier molecular flexibility index (Phi) is 8.16. The number of nitrogens with one attached hydrogen (secondary N) is 2. The number of carbonyl (C=O) groups excluding carboxylic acids is 2. The van der Waals surface area contributed by atoms with Gasteiger partial charge >= 0.3 is 5.97 Å². The SMILES string of the molecule is CCOC(=O)c1c(C)[nH]c(C)c1S(=O)(=O)N1CCC[C@H](C(=O)NCCC2=CCCCC2)C1. The van der Waals surface area contributed by atoms with Crippen LogP contribution in [0, 0.1) is 19.8 Å². The number of aromatic amines is 1. The lowest BCUT2D eigenvalue weighted by atomic mass is 9.96. The largest absolute Gasteiger partial charge is 0.462 e. The van der Waals surface area contributed by atoms with E-state index in [1.54, 1.807) is 20.8 Å².